The second-order valence-electron chi connectivity index (χ2n) is 5.25. The molecule has 0 spiro atoms. The van der Waals surface area contributed by atoms with Crippen LogP contribution in [-0.4, -0.2) is 5.11 Å². The minimum atomic E-state index is 0.114. The van der Waals surface area contributed by atoms with Crippen LogP contribution in [0, 0.1) is 6.07 Å². The summed E-state index contributed by atoms with van der Waals surface area (Å²) in [7, 11) is 0. The zero-order chi connectivity index (χ0) is 11.6. The van der Waals surface area contributed by atoms with Gasteiger partial charge in [0.1, 0.15) is 5.75 Å². The zero-order valence-electron chi connectivity index (χ0n) is 10.4. The summed E-state index contributed by atoms with van der Waals surface area (Å²) in [6.45, 7) is 11.0. The topological polar surface area (TPSA) is 20.2 Å². The van der Waals surface area contributed by atoms with Crippen molar-refractivity contribution >= 4 is 0 Å². The Morgan fingerprint density at radius 1 is 1.40 bits per heavy atom. The SMILES string of the molecule is CCC(C)c1cc(O)[c]cc1C(C)(C)C. The van der Waals surface area contributed by atoms with Gasteiger partial charge in [0.2, 0.25) is 0 Å². The van der Waals surface area contributed by atoms with Gasteiger partial charge in [0.25, 0.3) is 0 Å². The predicted molar refractivity (Wildman–Crippen MR) is 64.3 cm³/mol. The van der Waals surface area contributed by atoms with E-state index in [-0.39, 0.29) is 11.2 Å². The van der Waals surface area contributed by atoms with E-state index in [1.165, 1.54) is 11.1 Å². The average molecular weight is 205 g/mol. The van der Waals surface area contributed by atoms with Gasteiger partial charge in [-0.2, -0.15) is 0 Å². The van der Waals surface area contributed by atoms with E-state index in [9.17, 15) is 5.11 Å². The molecule has 0 aliphatic heterocycles. The van der Waals surface area contributed by atoms with E-state index in [0.29, 0.717) is 5.92 Å². The van der Waals surface area contributed by atoms with E-state index in [0.717, 1.165) is 6.42 Å². The largest absolute Gasteiger partial charge is 0.507 e. The molecule has 0 aliphatic rings. The van der Waals surface area contributed by atoms with Gasteiger partial charge in [-0.05, 0) is 41.0 Å². The summed E-state index contributed by atoms with van der Waals surface area (Å²) in [5, 5.41) is 9.49. The van der Waals surface area contributed by atoms with Crippen LogP contribution in [0.1, 0.15) is 58.1 Å². The lowest BCUT2D eigenvalue weighted by Crippen LogP contribution is -2.15. The third-order valence-corrected chi connectivity index (χ3v) is 2.92. The number of benzene rings is 1. The van der Waals surface area contributed by atoms with Gasteiger partial charge in [0.05, 0.1) is 0 Å². The van der Waals surface area contributed by atoms with Gasteiger partial charge in [0, 0.05) is 6.07 Å². The van der Waals surface area contributed by atoms with E-state index in [1.54, 1.807) is 0 Å². The summed E-state index contributed by atoms with van der Waals surface area (Å²) < 4.78 is 0. The Morgan fingerprint density at radius 2 is 2.00 bits per heavy atom. The molecule has 1 aromatic rings. The number of phenols is 1. The highest BCUT2D eigenvalue weighted by atomic mass is 16.3. The molecule has 0 amide bonds. The molecule has 1 N–H and O–H groups in total. The van der Waals surface area contributed by atoms with Gasteiger partial charge in [-0.15, -0.1) is 0 Å². The van der Waals surface area contributed by atoms with Crippen molar-refractivity contribution in [3.05, 3.63) is 29.3 Å². The van der Waals surface area contributed by atoms with Gasteiger partial charge in [-0.3, -0.25) is 0 Å². The van der Waals surface area contributed by atoms with Crippen molar-refractivity contribution in [2.75, 3.05) is 0 Å². The lowest BCUT2D eigenvalue weighted by atomic mass is 9.80. The van der Waals surface area contributed by atoms with Crippen LogP contribution in [0.15, 0.2) is 12.1 Å². The molecule has 1 aromatic carbocycles. The van der Waals surface area contributed by atoms with Gasteiger partial charge in [-0.25, -0.2) is 0 Å². The molecule has 0 aliphatic carbocycles. The normalized spacial score (nSPS) is 13.9. The lowest BCUT2D eigenvalue weighted by molar-refractivity contribution is 0.470. The lowest BCUT2D eigenvalue weighted by Gasteiger charge is -2.25. The Hall–Kier alpha value is -0.980. The van der Waals surface area contributed by atoms with E-state index < -0.39 is 0 Å². The number of phenolic OH excluding ortho intramolecular Hbond substituents is 1. The van der Waals surface area contributed by atoms with Crippen molar-refractivity contribution in [3.63, 3.8) is 0 Å². The highest BCUT2D eigenvalue weighted by Gasteiger charge is 2.20. The van der Waals surface area contributed by atoms with Crippen molar-refractivity contribution in [1.29, 1.82) is 0 Å². The number of hydrogen-bond donors (Lipinski definition) is 1. The first kappa shape index (κ1) is 12.1. The van der Waals surface area contributed by atoms with Gasteiger partial charge < -0.3 is 5.11 Å². The first-order valence-electron chi connectivity index (χ1n) is 5.61. The Kier molecular flexibility index (Phi) is 3.43. The van der Waals surface area contributed by atoms with E-state index in [1.807, 2.05) is 12.1 Å². The van der Waals surface area contributed by atoms with E-state index >= 15 is 0 Å². The van der Waals surface area contributed by atoms with E-state index in [2.05, 4.69) is 40.7 Å². The molecular weight excluding hydrogens is 184 g/mol. The molecule has 1 rings (SSSR count). The molecule has 0 bridgehead atoms. The van der Waals surface area contributed by atoms with Crippen LogP contribution < -0.4 is 0 Å². The summed E-state index contributed by atoms with van der Waals surface area (Å²) in [6.07, 6.45) is 1.09. The zero-order valence-corrected chi connectivity index (χ0v) is 10.4. The Labute approximate surface area is 93.1 Å². The van der Waals surface area contributed by atoms with Gasteiger partial charge in [0.15, 0.2) is 0 Å². The van der Waals surface area contributed by atoms with Crippen LogP contribution in [0.5, 0.6) is 5.75 Å². The number of aromatic hydroxyl groups is 1. The van der Waals surface area contributed by atoms with Crippen LogP contribution in [-0.2, 0) is 5.41 Å². The Balaban J connectivity index is 3.27. The molecule has 0 fully saturated rings. The maximum absolute atomic E-state index is 9.49. The van der Waals surface area contributed by atoms with Crippen molar-refractivity contribution < 1.29 is 5.11 Å². The third-order valence-electron chi connectivity index (χ3n) is 2.92. The molecule has 0 saturated carbocycles. The molecule has 83 valence electrons. The predicted octanol–water partition coefficient (Wildman–Crippen LogP) is 4.00. The van der Waals surface area contributed by atoms with Crippen molar-refractivity contribution in [2.24, 2.45) is 0 Å². The monoisotopic (exact) mass is 205 g/mol. The first-order valence-corrected chi connectivity index (χ1v) is 5.61. The summed E-state index contributed by atoms with van der Waals surface area (Å²) in [5.74, 6) is 0.734. The average Bonchev–Trinajstić information content (AvgIpc) is 2.14. The summed E-state index contributed by atoms with van der Waals surface area (Å²) >= 11 is 0. The second kappa shape index (κ2) is 4.26. The quantitative estimate of drug-likeness (QED) is 0.773. The minimum Gasteiger partial charge on any atom is -0.507 e. The third kappa shape index (κ3) is 2.74. The van der Waals surface area contributed by atoms with Gasteiger partial charge in [-0.1, -0.05) is 34.6 Å². The summed E-state index contributed by atoms with van der Waals surface area (Å²) in [5.41, 5.74) is 2.65. The highest BCUT2D eigenvalue weighted by molar-refractivity contribution is 5.39. The minimum absolute atomic E-state index is 0.114. The molecule has 1 nitrogen and oxygen atoms in total. The van der Waals surface area contributed by atoms with Crippen LogP contribution >= 0.6 is 0 Å². The maximum Gasteiger partial charge on any atom is 0.123 e. The maximum atomic E-state index is 9.49. The first-order chi connectivity index (χ1) is 6.86. The fourth-order valence-corrected chi connectivity index (χ4v) is 1.77. The number of rotatable bonds is 2. The van der Waals surface area contributed by atoms with Crippen LogP contribution in [0.4, 0.5) is 0 Å². The smallest absolute Gasteiger partial charge is 0.123 e. The fraction of sp³-hybridized carbons (Fsp3) is 0.571. The highest BCUT2D eigenvalue weighted by Crippen LogP contribution is 2.33. The molecule has 1 atom stereocenters. The Bertz CT molecular complexity index is 334. The molecule has 0 saturated heterocycles. The van der Waals surface area contributed by atoms with E-state index in [4.69, 9.17) is 0 Å². The molecule has 0 heterocycles. The van der Waals surface area contributed by atoms with Crippen LogP contribution in [0.25, 0.3) is 0 Å². The second-order valence-corrected chi connectivity index (χ2v) is 5.25. The molecule has 0 aromatic heterocycles. The van der Waals surface area contributed by atoms with Crippen molar-refractivity contribution in [1.82, 2.24) is 0 Å². The van der Waals surface area contributed by atoms with Gasteiger partial charge >= 0.3 is 0 Å². The summed E-state index contributed by atoms with van der Waals surface area (Å²) in [6, 6.07) is 6.66. The molecule has 1 heteroatoms. The number of hydrogen-bond acceptors (Lipinski definition) is 1. The Morgan fingerprint density at radius 3 is 2.47 bits per heavy atom. The van der Waals surface area contributed by atoms with Crippen LogP contribution in [0.3, 0.4) is 0 Å². The van der Waals surface area contributed by atoms with Crippen LogP contribution in [0.2, 0.25) is 0 Å². The fourth-order valence-electron chi connectivity index (χ4n) is 1.77. The molecule has 1 radical (unpaired) electrons. The molecule has 15 heavy (non-hydrogen) atoms. The summed E-state index contributed by atoms with van der Waals surface area (Å²) in [4.78, 5) is 0. The molecular formula is C14H21O. The standard InChI is InChI=1S/C14H21O/c1-6-10(2)12-9-11(15)7-8-13(12)14(3,4)5/h8-10,15H,6H2,1-5H3. The molecule has 1 unspecified atom stereocenters. The van der Waals surface area contributed by atoms with Crippen molar-refractivity contribution in [2.45, 2.75) is 52.4 Å². The van der Waals surface area contributed by atoms with Crippen molar-refractivity contribution in [3.8, 4) is 5.75 Å².